The Labute approximate surface area is 131 Å². The maximum atomic E-state index is 11.9. The van der Waals surface area contributed by atoms with E-state index in [9.17, 15) is 4.79 Å². The van der Waals surface area contributed by atoms with Crippen LogP contribution in [-0.2, 0) is 11.3 Å². The van der Waals surface area contributed by atoms with E-state index in [-0.39, 0.29) is 0 Å². The molecule has 3 heterocycles. The lowest BCUT2D eigenvalue weighted by Gasteiger charge is -2.47. The van der Waals surface area contributed by atoms with Gasteiger partial charge in [-0.1, -0.05) is 0 Å². The second-order valence-corrected chi connectivity index (χ2v) is 6.68. The number of hydrogen-bond donors (Lipinski definition) is 0. The van der Waals surface area contributed by atoms with Crippen molar-refractivity contribution in [2.45, 2.75) is 45.6 Å². The van der Waals surface area contributed by atoms with E-state index in [4.69, 9.17) is 0 Å². The zero-order valence-corrected chi connectivity index (χ0v) is 13.4. The van der Waals surface area contributed by atoms with Gasteiger partial charge in [0.15, 0.2) is 0 Å². The van der Waals surface area contributed by atoms with Gasteiger partial charge in [0.25, 0.3) is 0 Å². The maximum Gasteiger partial charge on any atom is 0.222 e. The smallest absolute Gasteiger partial charge is 0.222 e. The number of aromatic nitrogens is 4. The van der Waals surface area contributed by atoms with Gasteiger partial charge in [0, 0.05) is 26.1 Å². The molecule has 0 saturated carbocycles. The molecule has 2 aliphatic rings. The molecule has 7 nitrogen and oxygen atoms in total. The minimum absolute atomic E-state index is 0.344. The summed E-state index contributed by atoms with van der Waals surface area (Å²) >= 11 is 0. The second-order valence-electron chi connectivity index (χ2n) is 6.68. The molecule has 1 amide bonds. The Morgan fingerprint density at radius 3 is 2.73 bits per heavy atom. The van der Waals surface area contributed by atoms with Gasteiger partial charge in [-0.2, -0.15) is 0 Å². The highest BCUT2D eigenvalue weighted by Crippen LogP contribution is 2.40. The van der Waals surface area contributed by atoms with Crippen molar-refractivity contribution in [3.63, 3.8) is 0 Å². The molecule has 0 aromatic carbocycles. The predicted octanol–water partition coefficient (Wildman–Crippen LogP) is 0.788. The van der Waals surface area contributed by atoms with E-state index in [1.165, 1.54) is 12.8 Å². The molecular formula is C15H26N6O. The molecular weight excluding hydrogens is 280 g/mol. The first-order valence-electron chi connectivity index (χ1n) is 8.42. The van der Waals surface area contributed by atoms with Crippen LogP contribution in [0.25, 0.3) is 0 Å². The summed E-state index contributed by atoms with van der Waals surface area (Å²) in [4.78, 5) is 16.5. The van der Waals surface area contributed by atoms with E-state index in [0.717, 1.165) is 58.5 Å². The van der Waals surface area contributed by atoms with Gasteiger partial charge in [-0.05, 0) is 68.1 Å². The van der Waals surface area contributed by atoms with E-state index in [2.05, 4.69) is 32.2 Å². The van der Waals surface area contributed by atoms with Gasteiger partial charge >= 0.3 is 0 Å². The lowest BCUT2D eigenvalue weighted by Crippen LogP contribution is -2.51. The molecule has 0 radical (unpaired) electrons. The maximum absolute atomic E-state index is 11.9. The summed E-state index contributed by atoms with van der Waals surface area (Å²) in [6.07, 6.45) is 7.03. The Morgan fingerprint density at radius 2 is 2.05 bits per heavy atom. The number of amides is 1. The third kappa shape index (κ3) is 3.45. The van der Waals surface area contributed by atoms with Gasteiger partial charge < -0.3 is 9.80 Å². The number of hydrogen-bond acceptors (Lipinski definition) is 5. The Hall–Kier alpha value is -1.50. The van der Waals surface area contributed by atoms with Crippen molar-refractivity contribution in [1.82, 2.24) is 30.0 Å². The molecule has 0 atom stereocenters. The fourth-order valence-corrected chi connectivity index (χ4v) is 3.79. The lowest BCUT2D eigenvalue weighted by molar-refractivity contribution is -0.138. The van der Waals surface area contributed by atoms with Crippen LogP contribution in [-0.4, -0.2) is 68.6 Å². The molecule has 1 spiro atoms. The monoisotopic (exact) mass is 306 g/mol. The van der Waals surface area contributed by atoms with E-state index >= 15 is 0 Å². The van der Waals surface area contributed by atoms with Crippen molar-refractivity contribution < 1.29 is 4.79 Å². The SMILES string of the molecule is CCN1CC2(CCC1=O)CCN(CCCn1cnnn1)CC2. The number of rotatable bonds is 5. The van der Waals surface area contributed by atoms with Gasteiger partial charge in [-0.3, -0.25) is 4.79 Å². The summed E-state index contributed by atoms with van der Waals surface area (Å²) in [6, 6.07) is 0. The van der Waals surface area contributed by atoms with Crippen molar-refractivity contribution in [3.8, 4) is 0 Å². The molecule has 0 aliphatic carbocycles. The van der Waals surface area contributed by atoms with Crippen LogP contribution < -0.4 is 0 Å². The lowest BCUT2D eigenvalue weighted by atomic mass is 9.72. The van der Waals surface area contributed by atoms with Gasteiger partial charge in [-0.25, -0.2) is 4.68 Å². The fraction of sp³-hybridized carbons (Fsp3) is 0.867. The molecule has 122 valence electrons. The number of nitrogens with zero attached hydrogens (tertiary/aromatic N) is 6. The summed E-state index contributed by atoms with van der Waals surface area (Å²) in [6.45, 7) is 8.21. The molecule has 1 aromatic heterocycles. The zero-order valence-electron chi connectivity index (χ0n) is 13.4. The van der Waals surface area contributed by atoms with Crippen LogP contribution in [0.1, 0.15) is 39.0 Å². The zero-order chi connectivity index (χ0) is 15.4. The standard InChI is InChI=1S/C15H26N6O/c1-2-20-12-15(5-4-14(20)22)6-10-19(11-7-15)8-3-9-21-13-16-17-18-21/h13H,2-12H2,1H3. The first kappa shape index (κ1) is 15.4. The molecule has 7 heteroatoms. The summed E-state index contributed by atoms with van der Waals surface area (Å²) in [7, 11) is 0. The van der Waals surface area contributed by atoms with Gasteiger partial charge in [0.2, 0.25) is 5.91 Å². The van der Waals surface area contributed by atoms with Crippen LogP contribution in [0, 0.1) is 5.41 Å². The van der Waals surface area contributed by atoms with Gasteiger partial charge in [0.05, 0.1) is 0 Å². The Morgan fingerprint density at radius 1 is 1.23 bits per heavy atom. The normalized spacial score (nSPS) is 22.4. The van der Waals surface area contributed by atoms with Crippen LogP contribution in [0.15, 0.2) is 6.33 Å². The third-order valence-corrected chi connectivity index (χ3v) is 5.30. The molecule has 22 heavy (non-hydrogen) atoms. The van der Waals surface area contributed by atoms with Crippen molar-refractivity contribution in [2.75, 3.05) is 32.7 Å². The number of carbonyl (C=O) groups is 1. The summed E-state index contributed by atoms with van der Waals surface area (Å²) in [5.74, 6) is 0.344. The fourth-order valence-electron chi connectivity index (χ4n) is 3.79. The van der Waals surface area contributed by atoms with Crippen molar-refractivity contribution in [2.24, 2.45) is 5.41 Å². The van der Waals surface area contributed by atoms with Crippen LogP contribution in [0.5, 0.6) is 0 Å². The van der Waals surface area contributed by atoms with Crippen molar-refractivity contribution >= 4 is 5.91 Å². The number of carbonyl (C=O) groups excluding carboxylic acids is 1. The van der Waals surface area contributed by atoms with Gasteiger partial charge in [0.1, 0.15) is 6.33 Å². The van der Waals surface area contributed by atoms with Crippen molar-refractivity contribution in [3.05, 3.63) is 6.33 Å². The summed E-state index contributed by atoms with van der Waals surface area (Å²) < 4.78 is 1.79. The number of tetrazole rings is 1. The quantitative estimate of drug-likeness (QED) is 0.804. The first-order valence-corrected chi connectivity index (χ1v) is 8.42. The molecule has 3 rings (SSSR count). The topological polar surface area (TPSA) is 67.2 Å². The van der Waals surface area contributed by atoms with E-state index < -0.39 is 0 Å². The van der Waals surface area contributed by atoms with E-state index in [0.29, 0.717) is 11.3 Å². The predicted molar refractivity (Wildman–Crippen MR) is 82.0 cm³/mol. The molecule has 0 N–H and O–H groups in total. The largest absolute Gasteiger partial charge is 0.342 e. The van der Waals surface area contributed by atoms with Crippen LogP contribution in [0.3, 0.4) is 0 Å². The second kappa shape index (κ2) is 6.73. The Bertz CT molecular complexity index is 480. The highest BCUT2D eigenvalue weighted by molar-refractivity contribution is 5.77. The van der Waals surface area contributed by atoms with Crippen LogP contribution in [0.2, 0.25) is 0 Å². The van der Waals surface area contributed by atoms with Crippen LogP contribution in [0.4, 0.5) is 0 Å². The van der Waals surface area contributed by atoms with Gasteiger partial charge in [-0.15, -0.1) is 5.10 Å². The summed E-state index contributed by atoms with van der Waals surface area (Å²) in [5, 5.41) is 11.2. The molecule has 2 aliphatic heterocycles. The third-order valence-electron chi connectivity index (χ3n) is 5.30. The number of aryl methyl sites for hydroxylation is 1. The first-order chi connectivity index (χ1) is 10.7. The number of piperidine rings is 2. The molecule has 1 aromatic rings. The highest BCUT2D eigenvalue weighted by Gasteiger charge is 2.40. The highest BCUT2D eigenvalue weighted by atomic mass is 16.2. The van der Waals surface area contributed by atoms with E-state index in [1.807, 2.05) is 0 Å². The van der Waals surface area contributed by atoms with Crippen LogP contribution >= 0.6 is 0 Å². The molecule has 2 fully saturated rings. The molecule has 0 unspecified atom stereocenters. The van der Waals surface area contributed by atoms with Crippen molar-refractivity contribution in [1.29, 1.82) is 0 Å². The average Bonchev–Trinajstić information content (AvgIpc) is 3.05. The average molecular weight is 306 g/mol. The Kier molecular flexibility index (Phi) is 4.71. The molecule has 2 saturated heterocycles. The minimum atomic E-state index is 0.344. The van der Waals surface area contributed by atoms with E-state index in [1.54, 1.807) is 11.0 Å². The molecule has 0 bridgehead atoms. The minimum Gasteiger partial charge on any atom is -0.342 e. The number of likely N-dealkylation sites (tertiary alicyclic amines) is 2. The summed E-state index contributed by atoms with van der Waals surface area (Å²) in [5.41, 5.74) is 0.385. The Balaban J connectivity index is 1.43.